The van der Waals surface area contributed by atoms with Gasteiger partial charge in [-0.2, -0.15) is 0 Å². The van der Waals surface area contributed by atoms with Gasteiger partial charge in [0.25, 0.3) is 0 Å². The Bertz CT molecular complexity index is 2940. The van der Waals surface area contributed by atoms with Crippen LogP contribution in [0, 0.1) is 5.92 Å². The van der Waals surface area contributed by atoms with E-state index in [1.54, 1.807) is 5.57 Å². The zero-order valence-corrected chi connectivity index (χ0v) is 30.8. The van der Waals surface area contributed by atoms with Crippen molar-refractivity contribution in [2.75, 3.05) is 4.90 Å². The van der Waals surface area contributed by atoms with E-state index in [4.69, 9.17) is 8.83 Å². The molecule has 0 aliphatic heterocycles. The molecule has 11 rings (SSSR count). The fourth-order valence-electron chi connectivity index (χ4n) is 9.62. The smallest absolute Gasteiger partial charge is 0.137 e. The quantitative estimate of drug-likeness (QED) is 0.172. The molecule has 0 spiro atoms. The highest BCUT2D eigenvalue weighted by molar-refractivity contribution is 6.14. The fourth-order valence-corrected chi connectivity index (χ4v) is 9.62. The van der Waals surface area contributed by atoms with E-state index in [-0.39, 0.29) is 0 Å². The van der Waals surface area contributed by atoms with Crippen LogP contribution in [0.2, 0.25) is 0 Å². The summed E-state index contributed by atoms with van der Waals surface area (Å²) in [5.41, 5.74) is 16.3. The van der Waals surface area contributed by atoms with Crippen molar-refractivity contribution < 1.29 is 8.83 Å². The van der Waals surface area contributed by atoms with Gasteiger partial charge in [-0.15, -0.1) is 0 Å². The van der Waals surface area contributed by atoms with E-state index in [9.17, 15) is 0 Å². The van der Waals surface area contributed by atoms with Crippen molar-refractivity contribution in [2.45, 2.75) is 44.9 Å². The first-order valence-corrected chi connectivity index (χ1v) is 19.9. The molecule has 2 aliphatic carbocycles. The number of anilines is 3. The summed E-state index contributed by atoms with van der Waals surface area (Å²) in [5, 5.41) is 4.49. The number of aryl methyl sites for hydroxylation is 1. The molecule has 3 nitrogen and oxygen atoms in total. The molecular weight excluding hydrogens is 671 g/mol. The van der Waals surface area contributed by atoms with Crippen LogP contribution in [-0.4, -0.2) is 0 Å². The largest absolute Gasteiger partial charge is 0.456 e. The topological polar surface area (TPSA) is 29.5 Å². The highest BCUT2D eigenvalue weighted by Gasteiger charge is 2.28. The molecule has 0 N–H and O–H groups in total. The van der Waals surface area contributed by atoms with Crippen LogP contribution in [0.3, 0.4) is 0 Å². The number of hydrogen-bond donors (Lipinski definition) is 0. The Morgan fingerprint density at radius 1 is 0.491 bits per heavy atom. The Morgan fingerprint density at radius 3 is 2.07 bits per heavy atom. The van der Waals surface area contributed by atoms with Crippen LogP contribution >= 0.6 is 0 Å². The first-order chi connectivity index (χ1) is 27.3. The molecule has 0 bridgehead atoms. The molecule has 3 heteroatoms. The molecule has 0 amide bonds. The van der Waals surface area contributed by atoms with Crippen molar-refractivity contribution in [1.29, 1.82) is 0 Å². The van der Waals surface area contributed by atoms with Crippen LogP contribution in [0.25, 0.3) is 71.7 Å². The van der Waals surface area contributed by atoms with Crippen LogP contribution in [0.5, 0.6) is 0 Å². The molecule has 1 fully saturated rings. The van der Waals surface area contributed by atoms with Gasteiger partial charge in [0.15, 0.2) is 0 Å². The van der Waals surface area contributed by atoms with E-state index in [0.717, 1.165) is 84.9 Å². The minimum Gasteiger partial charge on any atom is -0.456 e. The van der Waals surface area contributed by atoms with Gasteiger partial charge in [-0.05, 0) is 120 Å². The van der Waals surface area contributed by atoms with Crippen LogP contribution in [0.1, 0.15) is 49.7 Å². The second kappa shape index (κ2) is 13.2. The lowest BCUT2D eigenvalue weighted by atomic mass is 9.74. The Morgan fingerprint density at radius 2 is 1.16 bits per heavy atom. The van der Waals surface area contributed by atoms with Crippen molar-refractivity contribution in [2.24, 2.45) is 5.92 Å². The van der Waals surface area contributed by atoms with E-state index in [2.05, 4.69) is 151 Å². The molecule has 2 aliphatic rings. The van der Waals surface area contributed by atoms with Crippen molar-refractivity contribution in [3.8, 4) is 22.3 Å². The molecular formula is C52H41NO2. The zero-order chi connectivity index (χ0) is 36.3. The number of benzene rings is 7. The number of rotatable bonds is 6. The summed E-state index contributed by atoms with van der Waals surface area (Å²) < 4.78 is 12.7. The molecule has 0 atom stereocenters. The molecule has 1 saturated carbocycles. The Hall–Kier alpha value is -6.32. The molecule has 0 unspecified atom stereocenters. The number of hydrogen-bond acceptors (Lipinski definition) is 3. The third kappa shape index (κ3) is 5.40. The monoisotopic (exact) mass is 711 g/mol. The van der Waals surface area contributed by atoms with Gasteiger partial charge in [0.1, 0.15) is 22.3 Å². The van der Waals surface area contributed by atoms with Crippen LogP contribution < -0.4 is 4.90 Å². The Kier molecular flexibility index (Phi) is 7.72. The summed E-state index contributed by atoms with van der Waals surface area (Å²) in [7, 11) is 0. The first-order valence-electron chi connectivity index (χ1n) is 19.9. The molecule has 7 aromatic carbocycles. The van der Waals surface area contributed by atoms with Crippen LogP contribution in [0.4, 0.5) is 17.1 Å². The molecule has 0 radical (unpaired) electrons. The third-order valence-electron chi connectivity index (χ3n) is 12.1. The predicted octanol–water partition coefficient (Wildman–Crippen LogP) is 15.2. The summed E-state index contributed by atoms with van der Waals surface area (Å²) in [6.07, 6.45) is 11.4. The molecule has 0 saturated heterocycles. The van der Waals surface area contributed by atoms with Gasteiger partial charge < -0.3 is 13.7 Å². The SMILES string of the molecule is C1=C(C2CCCCC2)c2c(cccc2-c2ccccc2N(c2cccc(-c3ccc4oc5ccccc5c4c3)c2)c2cccc3oc4ccccc4c23)CC1. The van der Waals surface area contributed by atoms with E-state index in [1.165, 1.54) is 54.4 Å². The Balaban J connectivity index is 1.14. The van der Waals surface area contributed by atoms with Crippen molar-refractivity contribution in [3.05, 3.63) is 169 Å². The van der Waals surface area contributed by atoms with Crippen molar-refractivity contribution in [1.82, 2.24) is 0 Å². The van der Waals surface area contributed by atoms with Gasteiger partial charge in [0.05, 0.1) is 16.8 Å². The second-order valence-corrected chi connectivity index (χ2v) is 15.3. The maximum Gasteiger partial charge on any atom is 0.137 e. The number of furan rings is 2. The van der Waals surface area contributed by atoms with E-state index in [0.29, 0.717) is 5.92 Å². The molecule has 266 valence electrons. The van der Waals surface area contributed by atoms with Crippen LogP contribution in [0.15, 0.2) is 167 Å². The zero-order valence-electron chi connectivity index (χ0n) is 30.8. The van der Waals surface area contributed by atoms with Crippen LogP contribution in [-0.2, 0) is 6.42 Å². The maximum absolute atomic E-state index is 6.50. The fraction of sp³-hybridized carbons (Fsp3) is 0.154. The lowest BCUT2D eigenvalue weighted by Gasteiger charge is -2.32. The summed E-state index contributed by atoms with van der Waals surface area (Å²) in [6.45, 7) is 0. The average Bonchev–Trinajstić information content (AvgIpc) is 3.83. The molecule has 55 heavy (non-hydrogen) atoms. The molecule has 9 aromatic rings. The standard InChI is InChI=1S/C52H41NO2/c1-2-14-34(15-3-1)39-23-11-16-35-17-12-24-42(51(35)39)40-20-4-7-25-45(40)53(46-26-13-29-50-52(46)43-22-6-9-28-48(43)55-50)38-19-10-18-36(32-38)37-30-31-49-44(33-37)41-21-5-8-27-47(41)54-49/h4-10,12-13,17-34H,1-3,11,14-16H2. The van der Waals surface area contributed by atoms with Gasteiger partial charge in [0, 0.05) is 27.4 Å². The van der Waals surface area contributed by atoms with Crippen molar-refractivity contribution in [3.63, 3.8) is 0 Å². The maximum atomic E-state index is 6.50. The predicted molar refractivity (Wildman–Crippen MR) is 229 cm³/mol. The van der Waals surface area contributed by atoms with Gasteiger partial charge in [0.2, 0.25) is 0 Å². The van der Waals surface area contributed by atoms with E-state index in [1.807, 2.05) is 12.1 Å². The van der Waals surface area contributed by atoms with Gasteiger partial charge >= 0.3 is 0 Å². The first kappa shape index (κ1) is 32.1. The summed E-state index contributed by atoms with van der Waals surface area (Å²) in [4.78, 5) is 2.47. The number of fused-ring (bicyclic) bond motifs is 7. The summed E-state index contributed by atoms with van der Waals surface area (Å²) in [5.74, 6) is 0.629. The summed E-state index contributed by atoms with van der Waals surface area (Å²) >= 11 is 0. The highest BCUT2D eigenvalue weighted by Crippen LogP contribution is 2.50. The van der Waals surface area contributed by atoms with Gasteiger partial charge in [-0.1, -0.05) is 122 Å². The number of para-hydroxylation sites is 3. The van der Waals surface area contributed by atoms with Gasteiger partial charge in [-0.25, -0.2) is 0 Å². The second-order valence-electron chi connectivity index (χ2n) is 15.3. The minimum atomic E-state index is 0.629. The summed E-state index contributed by atoms with van der Waals surface area (Å²) in [6, 6.07) is 54.8. The lowest BCUT2D eigenvalue weighted by molar-refractivity contribution is 0.428. The minimum absolute atomic E-state index is 0.629. The third-order valence-corrected chi connectivity index (χ3v) is 12.1. The van der Waals surface area contributed by atoms with E-state index < -0.39 is 0 Å². The lowest BCUT2D eigenvalue weighted by Crippen LogP contribution is -2.15. The Labute approximate surface area is 321 Å². The normalized spacial score (nSPS) is 14.8. The number of allylic oxidation sites excluding steroid dienone is 2. The molecule has 2 heterocycles. The van der Waals surface area contributed by atoms with Gasteiger partial charge in [-0.3, -0.25) is 0 Å². The molecule has 2 aromatic heterocycles. The van der Waals surface area contributed by atoms with Crippen molar-refractivity contribution >= 4 is 66.5 Å². The number of nitrogens with zero attached hydrogens (tertiary/aromatic N) is 1. The highest BCUT2D eigenvalue weighted by atomic mass is 16.3. The average molecular weight is 712 g/mol. The van der Waals surface area contributed by atoms with E-state index >= 15 is 0 Å².